The van der Waals surface area contributed by atoms with Gasteiger partial charge in [-0.3, -0.25) is 14.8 Å². The molecule has 0 aliphatic carbocycles. The van der Waals surface area contributed by atoms with Crippen molar-refractivity contribution in [2.45, 2.75) is 0 Å². The van der Waals surface area contributed by atoms with Gasteiger partial charge in [0.25, 0.3) is 0 Å². The molecule has 0 bridgehead atoms. The summed E-state index contributed by atoms with van der Waals surface area (Å²) in [5, 5.41) is 10.6. The fourth-order valence-electron chi connectivity index (χ4n) is 1.54. The fraction of sp³-hybridized carbons (Fsp3) is 0.154. The maximum absolute atomic E-state index is 10.7. The number of rotatable bonds is 6. The zero-order valence-corrected chi connectivity index (χ0v) is 10.9. The van der Waals surface area contributed by atoms with Crippen LogP contribution in [0.4, 0.5) is 4.79 Å². The Balaban J connectivity index is 2.06. The van der Waals surface area contributed by atoms with Gasteiger partial charge in [0.05, 0.1) is 24.6 Å². The van der Waals surface area contributed by atoms with Crippen molar-refractivity contribution in [3.05, 3.63) is 36.4 Å². The number of nitrogens with one attached hydrogen (secondary N) is 1. The number of nitrogens with zero attached hydrogens (tertiary/aromatic N) is 3. The summed E-state index contributed by atoms with van der Waals surface area (Å²) in [5.41, 5.74) is 1.52. The molecule has 0 saturated carbocycles. The number of hydrogen-bond acceptors (Lipinski definition) is 6. The van der Waals surface area contributed by atoms with Gasteiger partial charge in [0.1, 0.15) is 12.3 Å². The van der Waals surface area contributed by atoms with E-state index in [1.165, 1.54) is 18.6 Å². The van der Waals surface area contributed by atoms with Crippen LogP contribution in [0, 0.1) is 0 Å². The molecule has 0 aliphatic heterocycles. The van der Waals surface area contributed by atoms with Crippen molar-refractivity contribution >= 4 is 12.4 Å². The molecule has 2 N–H and O–H groups in total. The molecule has 0 fully saturated rings. The van der Waals surface area contributed by atoms with Gasteiger partial charge in [0, 0.05) is 11.8 Å². The van der Waals surface area contributed by atoms with Crippen molar-refractivity contribution in [2.75, 3.05) is 13.2 Å². The lowest BCUT2D eigenvalue weighted by atomic mass is 10.2. The topological polar surface area (TPSA) is 114 Å². The second kappa shape index (κ2) is 6.94. The molecule has 2 heterocycles. The van der Waals surface area contributed by atoms with Gasteiger partial charge in [-0.25, -0.2) is 9.78 Å². The van der Waals surface area contributed by atoms with Gasteiger partial charge in [0.2, 0.25) is 5.88 Å². The minimum atomic E-state index is -1.11. The summed E-state index contributed by atoms with van der Waals surface area (Å²) in [4.78, 5) is 33.1. The minimum Gasteiger partial charge on any atom is -0.475 e. The monoisotopic (exact) mass is 288 g/mol. The summed E-state index contributed by atoms with van der Waals surface area (Å²) < 4.78 is 5.29. The molecule has 2 aromatic rings. The van der Waals surface area contributed by atoms with E-state index in [1.807, 2.05) is 0 Å². The number of aromatic nitrogens is 3. The van der Waals surface area contributed by atoms with Crippen LogP contribution < -0.4 is 10.1 Å². The van der Waals surface area contributed by atoms with E-state index in [1.54, 1.807) is 12.1 Å². The van der Waals surface area contributed by atoms with Gasteiger partial charge in [-0.15, -0.1) is 0 Å². The van der Waals surface area contributed by atoms with Gasteiger partial charge in [-0.2, -0.15) is 0 Å². The Hall–Kier alpha value is -3.03. The van der Waals surface area contributed by atoms with E-state index in [-0.39, 0.29) is 19.0 Å². The molecule has 21 heavy (non-hydrogen) atoms. The van der Waals surface area contributed by atoms with Gasteiger partial charge in [0.15, 0.2) is 6.29 Å². The average Bonchev–Trinajstić information content (AvgIpc) is 2.52. The normalized spacial score (nSPS) is 9.90. The number of aldehydes is 1. The smallest absolute Gasteiger partial charge is 0.404 e. The first-order valence-corrected chi connectivity index (χ1v) is 6.02. The Morgan fingerprint density at radius 2 is 2.29 bits per heavy atom. The quantitative estimate of drug-likeness (QED) is 0.601. The van der Waals surface area contributed by atoms with E-state index in [0.717, 1.165) is 0 Å². The predicted octanol–water partition coefficient (Wildman–Crippen LogP) is 0.998. The van der Waals surface area contributed by atoms with Crippen LogP contribution in [0.15, 0.2) is 30.7 Å². The number of carbonyl (C=O) groups is 2. The van der Waals surface area contributed by atoms with Crippen LogP contribution >= 0.6 is 0 Å². The van der Waals surface area contributed by atoms with Gasteiger partial charge >= 0.3 is 6.09 Å². The Labute approximate surface area is 119 Å². The second-order valence-electron chi connectivity index (χ2n) is 3.91. The first-order valence-electron chi connectivity index (χ1n) is 6.02. The van der Waals surface area contributed by atoms with Crippen LogP contribution in [0.3, 0.4) is 0 Å². The molecule has 8 nitrogen and oxygen atoms in total. The van der Waals surface area contributed by atoms with Gasteiger partial charge < -0.3 is 15.2 Å². The van der Waals surface area contributed by atoms with E-state index in [4.69, 9.17) is 9.84 Å². The van der Waals surface area contributed by atoms with Crippen molar-refractivity contribution in [1.29, 1.82) is 0 Å². The summed E-state index contributed by atoms with van der Waals surface area (Å²) in [7, 11) is 0. The molecule has 0 radical (unpaired) electrons. The number of carbonyl (C=O) groups excluding carboxylic acids is 1. The molecular formula is C13H12N4O4. The highest BCUT2D eigenvalue weighted by molar-refractivity contribution is 5.75. The zero-order chi connectivity index (χ0) is 15.1. The number of ether oxygens (including phenoxy) is 1. The van der Waals surface area contributed by atoms with Crippen molar-refractivity contribution in [3.63, 3.8) is 0 Å². The molecule has 0 unspecified atom stereocenters. The first kappa shape index (κ1) is 14.4. The molecule has 108 valence electrons. The summed E-state index contributed by atoms with van der Waals surface area (Å²) in [5.74, 6) is 0.268. The number of amides is 1. The minimum absolute atomic E-state index is 0.139. The highest BCUT2D eigenvalue weighted by atomic mass is 16.5. The highest BCUT2D eigenvalue weighted by Crippen LogP contribution is 2.18. The van der Waals surface area contributed by atoms with E-state index < -0.39 is 6.09 Å². The van der Waals surface area contributed by atoms with E-state index in [0.29, 0.717) is 23.2 Å². The Morgan fingerprint density at radius 1 is 1.43 bits per heavy atom. The van der Waals surface area contributed by atoms with Crippen LogP contribution in [0.5, 0.6) is 5.88 Å². The third-order valence-corrected chi connectivity index (χ3v) is 2.44. The largest absolute Gasteiger partial charge is 0.475 e. The molecule has 8 heteroatoms. The van der Waals surface area contributed by atoms with Crippen LogP contribution in [0.1, 0.15) is 10.5 Å². The van der Waals surface area contributed by atoms with Crippen LogP contribution in [0.2, 0.25) is 0 Å². The third kappa shape index (κ3) is 4.23. The van der Waals surface area contributed by atoms with Crippen molar-refractivity contribution in [1.82, 2.24) is 20.3 Å². The lowest BCUT2D eigenvalue weighted by Gasteiger charge is -2.06. The first-order chi connectivity index (χ1) is 10.2. The SMILES string of the molecule is O=Cc1cc(-c2cncc(OCCNC(=O)O)n2)ccn1. The summed E-state index contributed by atoms with van der Waals surface area (Å²) >= 11 is 0. The van der Waals surface area contributed by atoms with Gasteiger partial charge in [-0.1, -0.05) is 0 Å². The molecule has 1 amide bonds. The fourth-order valence-corrected chi connectivity index (χ4v) is 1.54. The van der Waals surface area contributed by atoms with Crippen LogP contribution in [-0.4, -0.2) is 45.6 Å². The molecule has 0 aliphatic rings. The van der Waals surface area contributed by atoms with E-state index in [9.17, 15) is 9.59 Å². The van der Waals surface area contributed by atoms with Crippen molar-refractivity contribution < 1.29 is 19.4 Å². The second-order valence-corrected chi connectivity index (χ2v) is 3.91. The molecular weight excluding hydrogens is 276 g/mol. The Bertz CT molecular complexity index is 648. The van der Waals surface area contributed by atoms with Crippen LogP contribution in [-0.2, 0) is 0 Å². The van der Waals surface area contributed by atoms with Crippen LogP contribution in [0.25, 0.3) is 11.3 Å². The molecule has 2 aromatic heterocycles. The molecule has 0 aromatic carbocycles. The third-order valence-electron chi connectivity index (χ3n) is 2.44. The summed E-state index contributed by atoms with van der Waals surface area (Å²) in [6.45, 7) is 0.284. The molecule has 2 rings (SSSR count). The Kier molecular flexibility index (Phi) is 4.75. The molecule has 0 spiro atoms. The highest BCUT2D eigenvalue weighted by Gasteiger charge is 2.04. The standard InChI is InChI=1S/C13H12N4O4/c18-8-10-5-9(1-2-15-10)11-6-14-7-12(17-11)21-4-3-16-13(19)20/h1-2,5-8,16H,3-4H2,(H,19,20). The maximum atomic E-state index is 10.7. The number of hydrogen-bond donors (Lipinski definition) is 2. The van der Waals surface area contributed by atoms with Crippen molar-refractivity contribution in [2.24, 2.45) is 0 Å². The van der Waals surface area contributed by atoms with E-state index >= 15 is 0 Å². The van der Waals surface area contributed by atoms with E-state index in [2.05, 4.69) is 20.3 Å². The lowest BCUT2D eigenvalue weighted by Crippen LogP contribution is -2.26. The summed E-state index contributed by atoms with van der Waals surface area (Å²) in [6, 6.07) is 3.29. The molecule has 0 saturated heterocycles. The molecule has 0 atom stereocenters. The maximum Gasteiger partial charge on any atom is 0.404 e. The number of carboxylic acid groups (broad SMARTS) is 1. The lowest BCUT2D eigenvalue weighted by molar-refractivity contribution is 0.111. The average molecular weight is 288 g/mol. The predicted molar refractivity (Wildman–Crippen MR) is 72.2 cm³/mol. The summed E-state index contributed by atoms with van der Waals surface area (Å²) in [6.07, 6.45) is 4.00. The van der Waals surface area contributed by atoms with Gasteiger partial charge in [-0.05, 0) is 12.1 Å². The van der Waals surface area contributed by atoms with Crippen molar-refractivity contribution in [3.8, 4) is 17.1 Å². The Morgan fingerprint density at radius 3 is 3.05 bits per heavy atom. The number of pyridine rings is 1. The zero-order valence-electron chi connectivity index (χ0n) is 10.9.